The molecule has 0 aromatic heterocycles. The maximum atomic E-state index is 5.87. The Hall–Kier alpha value is -0.120. The van der Waals surface area contributed by atoms with E-state index in [0.717, 1.165) is 38.8 Å². The van der Waals surface area contributed by atoms with Crippen LogP contribution in [0.1, 0.15) is 52.4 Å². The van der Waals surface area contributed by atoms with Gasteiger partial charge in [-0.2, -0.15) is 0 Å². The molecule has 3 nitrogen and oxygen atoms in total. The standard InChI is InChI=1S/C15H31NO2/c1-3-4-11-17-12-9-16-10-13-18-15-7-5-14(2)6-8-15/h14-16H,3-13H2,1-2H3. The zero-order valence-corrected chi connectivity index (χ0v) is 12.2. The van der Waals surface area contributed by atoms with Gasteiger partial charge < -0.3 is 14.8 Å². The quantitative estimate of drug-likeness (QED) is 0.610. The minimum Gasteiger partial charge on any atom is -0.380 e. The summed E-state index contributed by atoms with van der Waals surface area (Å²) >= 11 is 0. The fourth-order valence-corrected chi connectivity index (χ4v) is 2.31. The third kappa shape index (κ3) is 8.06. The lowest BCUT2D eigenvalue weighted by atomic mass is 9.89. The first-order chi connectivity index (χ1) is 8.83. The van der Waals surface area contributed by atoms with Crippen LogP contribution in [0.2, 0.25) is 0 Å². The maximum absolute atomic E-state index is 5.87. The van der Waals surface area contributed by atoms with Gasteiger partial charge in [0, 0.05) is 19.7 Å². The minimum absolute atomic E-state index is 0.517. The van der Waals surface area contributed by atoms with Crippen molar-refractivity contribution < 1.29 is 9.47 Å². The summed E-state index contributed by atoms with van der Waals surface area (Å²) in [5.74, 6) is 0.906. The Bertz CT molecular complexity index is 179. The molecule has 1 fully saturated rings. The molecule has 1 aliphatic rings. The largest absolute Gasteiger partial charge is 0.380 e. The Morgan fingerprint density at radius 2 is 1.72 bits per heavy atom. The topological polar surface area (TPSA) is 30.5 Å². The summed E-state index contributed by atoms with van der Waals surface area (Å²) in [6.45, 7) is 8.98. The van der Waals surface area contributed by atoms with Crippen molar-refractivity contribution in [3.63, 3.8) is 0 Å². The molecule has 0 atom stereocenters. The van der Waals surface area contributed by atoms with Gasteiger partial charge in [-0.1, -0.05) is 20.3 Å². The SMILES string of the molecule is CCCCOCCNCCOC1CCC(C)CC1. The summed E-state index contributed by atoms with van der Waals surface area (Å²) < 4.78 is 11.4. The second-order valence-electron chi connectivity index (χ2n) is 5.47. The predicted molar refractivity (Wildman–Crippen MR) is 76.0 cm³/mol. The van der Waals surface area contributed by atoms with Gasteiger partial charge in [-0.15, -0.1) is 0 Å². The summed E-state index contributed by atoms with van der Waals surface area (Å²) in [4.78, 5) is 0. The van der Waals surface area contributed by atoms with E-state index in [2.05, 4.69) is 19.2 Å². The van der Waals surface area contributed by atoms with Crippen LogP contribution in [0.5, 0.6) is 0 Å². The summed E-state index contributed by atoms with van der Waals surface area (Å²) in [6.07, 6.45) is 8.07. The molecule has 0 aromatic rings. The summed E-state index contributed by atoms with van der Waals surface area (Å²) in [7, 11) is 0. The lowest BCUT2D eigenvalue weighted by Crippen LogP contribution is -2.27. The molecule has 0 radical (unpaired) electrons. The van der Waals surface area contributed by atoms with E-state index in [0.29, 0.717) is 6.10 Å². The molecule has 1 rings (SSSR count). The average molecular weight is 257 g/mol. The maximum Gasteiger partial charge on any atom is 0.0594 e. The highest BCUT2D eigenvalue weighted by atomic mass is 16.5. The Labute approximate surface area is 113 Å². The Kier molecular flexibility index (Phi) is 9.54. The molecular weight excluding hydrogens is 226 g/mol. The number of unbranched alkanes of at least 4 members (excludes halogenated alkanes) is 1. The van der Waals surface area contributed by atoms with Crippen LogP contribution < -0.4 is 5.32 Å². The molecule has 0 spiro atoms. The second-order valence-corrected chi connectivity index (χ2v) is 5.47. The normalized spacial score (nSPS) is 24.3. The number of hydrogen-bond acceptors (Lipinski definition) is 3. The predicted octanol–water partition coefficient (Wildman–Crippen LogP) is 2.99. The molecule has 0 heterocycles. The van der Waals surface area contributed by atoms with Crippen LogP contribution in [0.25, 0.3) is 0 Å². The van der Waals surface area contributed by atoms with Crippen LogP contribution in [0.4, 0.5) is 0 Å². The van der Waals surface area contributed by atoms with Gasteiger partial charge in [-0.05, 0) is 38.0 Å². The van der Waals surface area contributed by atoms with Crippen molar-refractivity contribution in [3.05, 3.63) is 0 Å². The molecule has 0 bridgehead atoms. The molecule has 0 saturated heterocycles. The van der Waals surface area contributed by atoms with Crippen molar-refractivity contribution in [2.75, 3.05) is 32.9 Å². The minimum atomic E-state index is 0.517. The van der Waals surface area contributed by atoms with Crippen molar-refractivity contribution >= 4 is 0 Å². The summed E-state index contributed by atoms with van der Waals surface area (Å²) in [5, 5.41) is 3.36. The third-order valence-corrected chi connectivity index (χ3v) is 3.66. The molecule has 1 aliphatic carbocycles. The average Bonchev–Trinajstić information content (AvgIpc) is 2.39. The van der Waals surface area contributed by atoms with E-state index in [4.69, 9.17) is 9.47 Å². The Balaban J connectivity index is 1.78. The van der Waals surface area contributed by atoms with Gasteiger partial charge >= 0.3 is 0 Å². The number of hydrogen-bond donors (Lipinski definition) is 1. The van der Waals surface area contributed by atoms with Crippen molar-refractivity contribution in [1.82, 2.24) is 5.32 Å². The molecule has 1 N–H and O–H groups in total. The van der Waals surface area contributed by atoms with Gasteiger partial charge in [0.05, 0.1) is 19.3 Å². The lowest BCUT2D eigenvalue weighted by Gasteiger charge is -2.26. The highest BCUT2D eigenvalue weighted by molar-refractivity contribution is 4.69. The third-order valence-electron chi connectivity index (χ3n) is 3.66. The molecule has 108 valence electrons. The Morgan fingerprint density at radius 1 is 1.00 bits per heavy atom. The van der Waals surface area contributed by atoms with Crippen LogP contribution in [0, 0.1) is 5.92 Å². The highest BCUT2D eigenvalue weighted by Gasteiger charge is 2.17. The monoisotopic (exact) mass is 257 g/mol. The van der Waals surface area contributed by atoms with Gasteiger partial charge in [-0.25, -0.2) is 0 Å². The van der Waals surface area contributed by atoms with E-state index in [1.165, 1.54) is 38.5 Å². The van der Waals surface area contributed by atoms with E-state index in [1.807, 2.05) is 0 Å². The van der Waals surface area contributed by atoms with Gasteiger partial charge in [0.25, 0.3) is 0 Å². The van der Waals surface area contributed by atoms with Gasteiger partial charge in [-0.3, -0.25) is 0 Å². The first-order valence-electron chi connectivity index (χ1n) is 7.73. The van der Waals surface area contributed by atoms with Crippen molar-refractivity contribution in [1.29, 1.82) is 0 Å². The molecule has 1 saturated carbocycles. The number of ether oxygens (including phenoxy) is 2. The lowest BCUT2D eigenvalue weighted by molar-refractivity contribution is 0.0209. The zero-order chi connectivity index (χ0) is 13.1. The smallest absolute Gasteiger partial charge is 0.0594 e. The van der Waals surface area contributed by atoms with E-state index < -0.39 is 0 Å². The van der Waals surface area contributed by atoms with Crippen LogP contribution in [-0.4, -0.2) is 39.0 Å². The molecule has 3 heteroatoms. The highest BCUT2D eigenvalue weighted by Crippen LogP contribution is 2.25. The zero-order valence-electron chi connectivity index (χ0n) is 12.2. The summed E-state index contributed by atoms with van der Waals surface area (Å²) in [6, 6.07) is 0. The Morgan fingerprint density at radius 3 is 2.44 bits per heavy atom. The first kappa shape index (κ1) is 15.9. The fourth-order valence-electron chi connectivity index (χ4n) is 2.31. The van der Waals surface area contributed by atoms with E-state index in [1.54, 1.807) is 0 Å². The van der Waals surface area contributed by atoms with Crippen molar-refractivity contribution in [3.8, 4) is 0 Å². The number of rotatable bonds is 10. The molecule has 0 aromatic carbocycles. The van der Waals surface area contributed by atoms with Crippen LogP contribution in [0.3, 0.4) is 0 Å². The fraction of sp³-hybridized carbons (Fsp3) is 1.00. The molecule has 0 unspecified atom stereocenters. The van der Waals surface area contributed by atoms with Gasteiger partial charge in [0.1, 0.15) is 0 Å². The van der Waals surface area contributed by atoms with Crippen molar-refractivity contribution in [2.24, 2.45) is 5.92 Å². The van der Waals surface area contributed by atoms with E-state index in [9.17, 15) is 0 Å². The van der Waals surface area contributed by atoms with Crippen LogP contribution in [0.15, 0.2) is 0 Å². The first-order valence-corrected chi connectivity index (χ1v) is 7.73. The molecular formula is C15H31NO2. The molecule has 18 heavy (non-hydrogen) atoms. The van der Waals surface area contributed by atoms with E-state index >= 15 is 0 Å². The summed E-state index contributed by atoms with van der Waals surface area (Å²) in [5.41, 5.74) is 0. The van der Waals surface area contributed by atoms with Gasteiger partial charge in [0.2, 0.25) is 0 Å². The number of nitrogens with one attached hydrogen (secondary N) is 1. The van der Waals surface area contributed by atoms with Crippen LogP contribution in [-0.2, 0) is 9.47 Å². The van der Waals surface area contributed by atoms with E-state index in [-0.39, 0.29) is 0 Å². The van der Waals surface area contributed by atoms with Crippen molar-refractivity contribution in [2.45, 2.75) is 58.5 Å². The molecule has 0 amide bonds. The second kappa shape index (κ2) is 10.8. The van der Waals surface area contributed by atoms with Crippen LogP contribution >= 0.6 is 0 Å². The van der Waals surface area contributed by atoms with Gasteiger partial charge in [0.15, 0.2) is 0 Å². The molecule has 0 aliphatic heterocycles.